The zero-order valence-electron chi connectivity index (χ0n) is 21.4. The minimum Gasteiger partial charge on any atom is -0.357 e. The highest BCUT2D eigenvalue weighted by atomic mass is 32.2. The molecule has 0 radical (unpaired) electrons. The maximum atomic E-state index is 13.9. The van der Waals surface area contributed by atoms with E-state index in [0.29, 0.717) is 17.7 Å². The minimum atomic E-state index is -4.12. The molecule has 0 aliphatic heterocycles. The number of aryl methyl sites for hydroxylation is 1. The first-order chi connectivity index (χ1) is 17.6. The molecule has 0 aliphatic rings. The lowest BCUT2D eigenvalue weighted by Gasteiger charge is -2.33. The molecule has 37 heavy (non-hydrogen) atoms. The Kier molecular flexibility index (Phi) is 9.04. The summed E-state index contributed by atoms with van der Waals surface area (Å²) >= 11 is 0. The predicted molar refractivity (Wildman–Crippen MR) is 142 cm³/mol. The van der Waals surface area contributed by atoms with Crippen molar-refractivity contribution >= 4 is 27.5 Å². The Hall–Kier alpha value is -3.72. The Balaban J connectivity index is 2.09. The van der Waals surface area contributed by atoms with E-state index in [0.717, 1.165) is 15.4 Å². The number of sulfonamides is 1. The average Bonchev–Trinajstić information content (AvgIpc) is 2.90. The first-order valence-electron chi connectivity index (χ1n) is 12.0. The van der Waals surface area contributed by atoms with Crippen molar-refractivity contribution in [1.29, 1.82) is 0 Å². The monoisotopic (exact) mass is 525 g/mol. The Morgan fingerprint density at radius 2 is 1.59 bits per heavy atom. The van der Waals surface area contributed by atoms with Crippen LogP contribution in [0.15, 0.2) is 77.7 Å². The Labute approximate surface area is 218 Å². The molecule has 0 unspecified atom stereocenters. The molecule has 0 aliphatic carbocycles. The smallest absolute Gasteiger partial charge is 0.264 e. The van der Waals surface area contributed by atoms with Crippen LogP contribution in [0.5, 0.6) is 0 Å². The number of anilines is 1. The van der Waals surface area contributed by atoms with Gasteiger partial charge >= 0.3 is 0 Å². The molecule has 2 amide bonds. The molecule has 0 saturated carbocycles. The molecule has 0 saturated heterocycles. The lowest BCUT2D eigenvalue weighted by atomic mass is 10.1. The second-order valence-electron chi connectivity index (χ2n) is 8.73. The summed E-state index contributed by atoms with van der Waals surface area (Å²) in [6, 6.07) is 18.0. The predicted octanol–water partition coefficient (Wildman–Crippen LogP) is 4.19. The van der Waals surface area contributed by atoms with Crippen molar-refractivity contribution in [3.05, 3.63) is 95.3 Å². The largest absolute Gasteiger partial charge is 0.357 e. The summed E-state index contributed by atoms with van der Waals surface area (Å²) in [7, 11) is -2.64. The fourth-order valence-corrected chi connectivity index (χ4v) is 5.60. The van der Waals surface area contributed by atoms with Gasteiger partial charge in [0.05, 0.1) is 10.6 Å². The molecule has 3 aromatic carbocycles. The van der Waals surface area contributed by atoms with Crippen molar-refractivity contribution in [2.24, 2.45) is 0 Å². The third kappa shape index (κ3) is 6.35. The summed E-state index contributed by atoms with van der Waals surface area (Å²) in [6.45, 7) is 4.94. The van der Waals surface area contributed by atoms with Crippen LogP contribution in [0.2, 0.25) is 0 Å². The van der Waals surface area contributed by atoms with Gasteiger partial charge < -0.3 is 10.2 Å². The van der Waals surface area contributed by atoms with Gasteiger partial charge in [-0.1, -0.05) is 49.4 Å². The molecule has 0 bridgehead atoms. The fourth-order valence-electron chi connectivity index (χ4n) is 4.11. The van der Waals surface area contributed by atoms with Crippen LogP contribution in [0.4, 0.5) is 10.1 Å². The number of nitrogens with zero attached hydrogens (tertiary/aromatic N) is 2. The van der Waals surface area contributed by atoms with Crippen molar-refractivity contribution in [1.82, 2.24) is 10.2 Å². The van der Waals surface area contributed by atoms with Crippen molar-refractivity contribution < 1.29 is 22.4 Å². The van der Waals surface area contributed by atoms with Crippen LogP contribution >= 0.6 is 0 Å². The molecule has 1 N–H and O–H groups in total. The molecule has 1 atom stereocenters. The number of carbonyl (C=O) groups is 2. The van der Waals surface area contributed by atoms with E-state index in [2.05, 4.69) is 5.32 Å². The summed E-state index contributed by atoms with van der Waals surface area (Å²) in [5, 5.41) is 2.58. The molecular weight excluding hydrogens is 493 g/mol. The van der Waals surface area contributed by atoms with Crippen molar-refractivity contribution in [2.75, 3.05) is 17.9 Å². The molecule has 0 spiro atoms. The summed E-state index contributed by atoms with van der Waals surface area (Å²) in [5.74, 6) is -1.35. The number of likely N-dealkylation sites (N-methyl/N-ethyl adjacent to an activating group) is 1. The molecule has 3 aromatic rings. The standard InChI is InChI=1S/C28H32FN3O4S/c1-5-25(28(34)30-4)31(18-22-14-16-23(29)17-15-22)27(33)19-32(26-13-9-10-20(2)21(26)3)37(35,36)24-11-7-6-8-12-24/h6-17,25H,5,18-19H2,1-4H3,(H,30,34)/t25-/m1/s1. The summed E-state index contributed by atoms with van der Waals surface area (Å²) in [6.07, 6.45) is 0.307. The van der Waals surface area contributed by atoms with Crippen LogP contribution in [-0.2, 0) is 26.2 Å². The summed E-state index contributed by atoms with van der Waals surface area (Å²) < 4.78 is 42.2. The Morgan fingerprint density at radius 1 is 0.946 bits per heavy atom. The SMILES string of the molecule is CC[C@H](C(=O)NC)N(Cc1ccc(F)cc1)C(=O)CN(c1cccc(C)c1C)S(=O)(=O)c1ccccc1. The van der Waals surface area contributed by atoms with Crippen LogP contribution in [-0.4, -0.2) is 44.8 Å². The van der Waals surface area contributed by atoms with Crippen LogP contribution < -0.4 is 9.62 Å². The van der Waals surface area contributed by atoms with E-state index in [1.54, 1.807) is 44.2 Å². The number of benzene rings is 3. The van der Waals surface area contributed by atoms with E-state index in [9.17, 15) is 22.4 Å². The topological polar surface area (TPSA) is 86.8 Å². The first kappa shape index (κ1) is 27.9. The number of hydrogen-bond donors (Lipinski definition) is 1. The lowest BCUT2D eigenvalue weighted by Crippen LogP contribution is -2.51. The van der Waals surface area contributed by atoms with Crippen molar-refractivity contribution in [3.8, 4) is 0 Å². The van der Waals surface area contributed by atoms with E-state index in [-0.39, 0.29) is 17.3 Å². The van der Waals surface area contributed by atoms with Crippen LogP contribution in [0.25, 0.3) is 0 Å². The van der Waals surface area contributed by atoms with E-state index >= 15 is 0 Å². The molecule has 7 nitrogen and oxygen atoms in total. The summed E-state index contributed by atoms with van der Waals surface area (Å²) in [4.78, 5) is 28.0. The lowest BCUT2D eigenvalue weighted by molar-refractivity contribution is -0.140. The van der Waals surface area contributed by atoms with Crippen LogP contribution in [0, 0.1) is 19.7 Å². The van der Waals surface area contributed by atoms with Gasteiger partial charge in [0.15, 0.2) is 0 Å². The number of amides is 2. The van der Waals surface area contributed by atoms with E-state index < -0.39 is 34.3 Å². The second kappa shape index (κ2) is 12.0. The van der Waals surface area contributed by atoms with Gasteiger partial charge in [0.25, 0.3) is 10.0 Å². The molecular formula is C28H32FN3O4S. The van der Waals surface area contributed by atoms with Gasteiger partial charge in [-0.3, -0.25) is 13.9 Å². The minimum absolute atomic E-state index is 0.0110. The zero-order chi connectivity index (χ0) is 27.2. The van der Waals surface area contributed by atoms with Gasteiger partial charge in [-0.25, -0.2) is 12.8 Å². The molecule has 0 aromatic heterocycles. The molecule has 0 heterocycles. The fraction of sp³-hybridized carbons (Fsp3) is 0.286. The maximum Gasteiger partial charge on any atom is 0.264 e. The second-order valence-corrected chi connectivity index (χ2v) is 10.6. The van der Waals surface area contributed by atoms with Crippen molar-refractivity contribution in [3.63, 3.8) is 0 Å². The number of rotatable bonds is 10. The number of nitrogens with one attached hydrogen (secondary N) is 1. The highest BCUT2D eigenvalue weighted by molar-refractivity contribution is 7.92. The van der Waals surface area contributed by atoms with Gasteiger partial charge in [-0.15, -0.1) is 0 Å². The third-order valence-electron chi connectivity index (χ3n) is 6.35. The molecule has 196 valence electrons. The third-order valence-corrected chi connectivity index (χ3v) is 8.13. The van der Waals surface area contributed by atoms with Crippen molar-refractivity contribution in [2.45, 2.75) is 44.7 Å². The van der Waals surface area contributed by atoms with E-state index in [1.807, 2.05) is 13.0 Å². The highest BCUT2D eigenvalue weighted by Crippen LogP contribution is 2.29. The first-order valence-corrected chi connectivity index (χ1v) is 13.4. The van der Waals surface area contributed by atoms with E-state index in [4.69, 9.17) is 0 Å². The van der Waals surface area contributed by atoms with Gasteiger partial charge in [-0.2, -0.15) is 0 Å². The van der Waals surface area contributed by atoms with Crippen LogP contribution in [0.3, 0.4) is 0 Å². The maximum absolute atomic E-state index is 13.9. The van der Waals surface area contributed by atoms with E-state index in [1.165, 1.54) is 48.3 Å². The summed E-state index contributed by atoms with van der Waals surface area (Å²) in [5.41, 5.74) is 2.59. The quantitative estimate of drug-likeness (QED) is 0.430. The number of halogens is 1. The molecule has 0 fully saturated rings. The Morgan fingerprint density at radius 3 is 2.19 bits per heavy atom. The highest BCUT2D eigenvalue weighted by Gasteiger charge is 2.34. The van der Waals surface area contributed by atoms with Crippen LogP contribution in [0.1, 0.15) is 30.0 Å². The number of hydrogen-bond acceptors (Lipinski definition) is 4. The Bertz CT molecular complexity index is 1350. The zero-order valence-corrected chi connectivity index (χ0v) is 22.3. The van der Waals surface area contributed by atoms with Gasteiger partial charge in [-0.05, 0) is 67.3 Å². The average molecular weight is 526 g/mol. The molecule has 9 heteroatoms. The number of carbonyl (C=O) groups excluding carboxylic acids is 2. The normalized spacial score (nSPS) is 12.0. The van der Waals surface area contributed by atoms with Gasteiger partial charge in [0.1, 0.15) is 18.4 Å². The molecule has 3 rings (SSSR count). The van der Waals surface area contributed by atoms with Gasteiger partial charge in [0, 0.05) is 13.6 Å². The van der Waals surface area contributed by atoms with Gasteiger partial charge in [0.2, 0.25) is 11.8 Å².